The Labute approximate surface area is 155 Å². The molecule has 0 spiro atoms. The molecule has 0 aliphatic carbocycles. The highest BCUT2D eigenvalue weighted by Gasteiger charge is 2.06. The number of para-hydroxylation sites is 1. The molecule has 0 radical (unpaired) electrons. The number of carboxylic acids is 1. The van der Waals surface area contributed by atoms with Crippen LogP contribution in [0.5, 0.6) is 0 Å². The van der Waals surface area contributed by atoms with Crippen molar-refractivity contribution < 1.29 is 19.5 Å². The van der Waals surface area contributed by atoms with Crippen LogP contribution in [0.4, 0.5) is 11.4 Å². The summed E-state index contributed by atoms with van der Waals surface area (Å²) in [5.41, 5.74) is 1.25. The van der Waals surface area contributed by atoms with Crippen molar-refractivity contribution >= 4 is 40.9 Å². The minimum Gasteiger partial charge on any atom is -0.478 e. The van der Waals surface area contributed by atoms with Crippen LogP contribution in [-0.4, -0.2) is 28.6 Å². The minimum absolute atomic E-state index is 0.0425. The predicted octanol–water partition coefficient (Wildman–Crippen LogP) is 3.39. The van der Waals surface area contributed by atoms with Gasteiger partial charge in [0.25, 0.3) is 0 Å². The number of rotatable bonds is 7. The molecule has 134 valence electrons. The van der Waals surface area contributed by atoms with Crippen LogP contribution in [-0.2, 0) is 14.4 Å². The molecule has 0 fully saturated rings. The van der Waals surface area contributed by atoms with E-state index < -0.39 is 11.9 Å². The molecule has 2 aromatic carbocycles. The standard InChI is InChI=1S/C19H18N2O4S/c1-13(19(24)25)11-17(22)20-15-7-9-16(10-8-15)26-12-18(23)21-14-5-3-2-4-6-14/h2-11H,12H2,1H3,(H,20,22)(H,21,23)(H,24,25)/b13-11-. The number of anilines is 2. The van der Waals surface area contributed by atoms with E-state index in [9.17, 15) is 14.4 Å². The molecule has 2 aromatic rings. The Morgan fingerprint density at radius 1 is 0.962 bits per heavy atom. The predicted molar refractivity (Wildman–Crippen MR) is 102 cm³/mol. The Kier molecular flexibility index (Phi) is 6.99. The van der Waals surface area contributed by atoms with Crippen molar-refractivity contribution in [1.82, 2.24) is 0 Å². The number of carbonyl (C=O) groups excluding carboxylic acids is 2. The third kappa shape index (κ3) is 6.45. The number of benzene rings is 2. The van der Waals surface area contributed by atoms with Crippen LogP contribution < -0.4 is 10.6 Å². The van der Waals surface area contributed by atoms with E-state index in [2.05, 4.69) is 10.6 Å². The summed E-state index contributed by atoms with van der Waals surface area (Å²) in [5.74, 6) is -1.48. The van der Waals surface area contributed by atoms with E-state index in [1.165, 1.54) is 18.7 Å². The smallest absolute Gasteiger partial charge is 0.331 e. The lowest BCUT2D eigenvalue weighted by molar-refractivity contribution is -0.132. The fourth-order valence-corrected chi connectivity index (χ4v) is 2.64. The fraction of sp³-hybridized carbons (Fsp3) is 0.105. The van der Waals surface area contributed by atoms with Crippen molar-refractivity contribution in [2.45, 2.75) is 11.8 Å². The molecule has 2 amide bonds. The summed E-state index contributed by atoms with van der Waals surface area (Å²) in [6.45, 7) is 1.35. The summed E-state index contributed by atoms with van der Waals surface area (Å²) in [5, 5.41) is 14.1. The number of hydrogen-bond acceptors (Lipinski definition) is 4. The van der Waals surface area contributed by atoms with E-state index >= 15 is 0 Å². The van der Waals surface area contributed by atoms with Gasteiger partial charge in [0.2, 0.25) is 11.8 Å². The Morgan fingerprint density at radius 3 is 2.19 bits per heavy atom. The van der Waals surface area contributed by atoms with Crippen LogP contribution in [0, 0.1) is 0 Å². The molecule has 6 nitrogen and oxygen atoms in total. The van der Waals surface area contributed by atoms with Crippen molar-refractivity contribution in [3.8, 4) is 0 Å². The van der Waals surface area contributed by atoms with E-state index in [-0.39, 0.29) is 17.2 Å². The van der Waals surface area contributed by atoms with Crippen LogP contribution >= 0.6 is 11.8 Å². The van der Waals surface area contributed by atoms with Gasteiger partial charge in [-0.3, -0.25) is 9.59 Å². The quantitative estimate of drug-likeness (QED) is 0.513. The van der Waals surface area contributed by atoms with Gasteiger partial charge in [-0.2, -0.15) is 0 Å². The number of carboxylic acid groups (broad SMARTS) is 1. The SMILES string of the molecule is C/C(=C/C(=O)Nc1ccc(SCC(=O)Nc2ccccc2)cc1)C(=O)O. The van der Waals surface area contributed by atoms with Gasteiger partial charge in [0.05, 0.1) is 5.75 Å². The molecular weight excluding hydrogens is 352 g/mol. The van der Waals surface area contributed by atoms with Crippen molar-refractivity contribution in [1.29, 1.82) is 0 Å². The molecule has 0 atom stereocenters. The third-order valence-corrected chi connectivity index (χ3v) is 4.25. The van der Waals surface area contributed by atoms with Gasteiger partial charge in [0.1, 0.15) is 0 Å². The van der Waals surface area contributed by atoms with Gasteiger partial charge in [-0.1, -0.05) is 18.2 Å². The average molecular weight is 370 g/mol. The molecule has 0 saturated heterocycles. The van der Waals surface area contributed by atoms with Gasteiger partial charge >= 0.3 is 5.97 Å². The van der Waals surface area contributed by atoms with Crippen LogP contribution in [0.25, 0.3) is 0 Å². The number of aliphatic carboxylic acids is 1. The maximum absolute atomic E-state index is 11.9. The zero-order valence-electron chi connectivity index (χ0n) is 14.1. The Balaban J connectivity index is 1.83. The Hall–Kier alpha value is -3.06. The van der Waals surface area contributed by atoms with Gasteiger partial charge in [0, 0.05) is 27.9 Å². The van der Waals surface area contributed by atoms with E-state index in [1.807, 2.05) is 30.3 Å². The summed E-state index contributed by atoms with van der Waals surface area (Å²) in [7, 11) is 0. The maximum atomic E-state index is 11.9. The number of carbonyl (C=O) groups is 3. The number of amides is 2. The topological polar surface area (TPSA) is 95.5 Å². The van der Waals surface area contributed by atoms with Gasteiger partial charge in [-0.25, -0.2) is 4.79 Å². The van der Waals surface area contributed by atoms with Gasteiger partial charge < -0.3 is 15.7 Å². The molecule has 0 aliphatic rings. The van der Waals surface area contributed by atoms with Crippen molar-refractivity contribution in [2.75, 3.05) is 16.4 Å². The highest BCUT2D eigenvalue weighted by molar-refractivity contribution is 8.00. The van der Waals surface area contributed by atoms with Crippen LogP contribution in [0.1, 0.15) is 6.92 Å². The maximum Gasteiger partial charge on any atom is 0.331 e. The zero-order chi connectivity index (χ0) is 18.9. The summed E-state index contributed by atoms with van der Waals surface area (Å²) in [4.78, 5) is 35.2. The normalized spacial score (nSPS) is 10.9. The van der Waals surface area contributed by atoms with E-state index in [0.29, 0.717) is 5.69 Å². The van der Waals surface area contributed by atoms with Gasteiger partial charge in [0.15, 0.2) is 0 Å². The molecule has 0 bridgehead atoms. The lowest BCUT2D eigenvalue weighted by atomic mass is 10.2. The Bertz CT molecular complexity index is 817. The van der Waals surface area contributed by atoms with Crippen molar-refractivity contribution in [2.24, 2.45) is 0 Å². The van der Waals surface area contributed by atoms with Crippen LogP contribution in [0.3, 0.4) is 0 Å². The van der Waals surface area contributed by atoms with Crippen molar-refractivity contribution in [3.63, 3.8) is 0 Å². The lowest BCUT2D eigenvalue weighted by Gasteiger charge is -2.06. The molecule has 2 rings (SSSR count). The van der Waals surface area contributed by atoms with Crippen molar-refractivity contribution in [3.05, 3.63) is 66.2 Å². The van der Waals surface area contributed by atoms with E-state index in [1.54, 1.807) is 24.3 Å². The first-order valence-corrected chi connectivity index (χ1v) is 8.73. The second-order valence-corrected chi connectivity index (χ2v) is 6.40. The lowest BCUT2D eigenvalue weighted by Crippen LogP contribution is -2.13. The molecular formula is C19H18N2O4S. The first-order chi connectivity index (χ1) is 12.4. The van der Waals surface area contributed by atoms with Gasteiger partial charge in [-0.05, 0) is 43.3 Å². The van der Waals surface area contributed by atoms with E-state index in [4.69, 9.17) is 5.11 Å². The summed E-state index contributed by atoms with van der Waals surface area (Å²) in [6.07, 6.45) is 1.03. The molecule has 7 heteroatoms. The largest absolute Gasteiger partial charge is 0.478 e. The molecule has 26 heavy (non-hydrogen) atoms. The summed E-state index contributed by atoms with van der Waals surface area (Å²) >= 11 is 1.38. The van der Waals surface area contributed by atoms with Gasteiger partial charge in [-0.15, -0.1) is 11.8 Å². The second kappa shape index (κ2) is 9.43. The molecule has 0 unspecified atom stereocenters. The molecule has 0 heterocycles. The molecule has 0 aliphatic heterocycles. The first-order valence-electron chi connectivity index (χ1n) is 7.74. The fourth-order valence-electron chi connectivity index (χ4n) is 1.94. The number of thioether (sulfide) groups is 1. The molecule has 3 N–H and O–H groups in total. The van der Waals surface area contributed by atoms with Crippen LogP contribution in [0.2, 0.25) is 0 Å². The van der Waals surface area contributed by atoms with Crippen LogP contribution in [0.15, 0.2) is 71.1 Å². The highest BCUT2D eigenvalue weighted by atomic mass is 32.2. The van der Waals surface area contributed by atoms with E-state index in [0.717, 1.165) is 16.7 Å². The number of nitrogens with one attached hydrogen (secondary N) is 2. The number of hydrogen-bond donors (Lipinski definition) is 3. The zero-order valence-corrected chi connectivity index (χ0v) is 14.9. The third-order valence-electron chi connectivity index (χ3n) is 3.23. The molecule has 0 aromatic heterocycles. The minimum atomic E-state index is -1.14. The average Bonchev–Trinajstić information content (AvgIpc) is 2.62. The first kappa shape index (κ1) is 19.3. The monoisotopic (exact) mass is 370 g/mol. The molecule has 0 saturated carbocycles. The summed E-state index contributed by atoms with van der Waals surface area (Å²) < 4.78 is 0. The summed E-state index contributed by atoms with van der Waals surface area (Å²) in [6, 6.07) is 16.2. The second-order valence-electron chi connectivity index (χ2n) is 5.35. The Morgan fingerprint density at radius 2 is 1.58 bits per heavy atom. The highest BCUT2D eigenvalue weighted by Crippen LogP contribution is 2.20.